The number of halogens is 1. The molecule has 0 radical (unpaired) electrons. The van der Waals surface area contributed by atoms with Crippen LogP contribution in [0.4, 0.5) is 4.39 Å². The minimum atomic E-state index is -0.472. The molecule has 1 saturated heterocycles. The van der Waals surface area contributed by atoms with Gasteiger partial charge in [0.25, 0.3) is 5.91 Å². The maximum atomic E-state index is 13.8. The molecule has 2 aromatic carbocycles. The summed E-state index contributed by atoms with van der Waals surface area (Å²) in [5.74, 6) is -0.310. The highest BCUT2D eigenvalue weighted by atomic mass is 19.1. The summed E-state index contributed by atoms with van der Waals surface area (Å²) < 4.78 is 13.8. The van der Waals surface area contributed by atoms with Gasteiger partial charge in [-0.1, -0.05) is 42.5 Å². The number of benzene rings is 2. The van der Waals surface area contributed by atoms with Crippen LogP contribution in [0.1, 0.15) is 21.8 Å². The maximum Gasteiger partial charge on any atom is 0.256 e. The zero-order valence-corrected chi connectivity index (χ0v) is 12.3. The summed E-state index contributed by atoms with van der Waals surface area (Å²) in [6.07, 6.45) is 0. The average molecular weight is 298 g/mol. The number of hydrogen-bond acceptors (Lipinski definition) is 2. The molecule has 0 bridgehead atoms. The normalized spacial score (nSPS) is 21.1. The van der Waals surface area contributed by atoms with E-state index in [9.17, 15) is 9.18 Å². The Morgan fingerprint density at radius 1 is 1.09 bits per heavy atom. The molecule has 1 fully saturated rings. The monoisotopic (exact) mass is 298 g/mol. The van der Waals surface area contributed by atoms with Gasteiger partial charge in [0.1, 0.15) is 5.82 Å². The lowest BCUT2D eigenvalue weighted by atomic mass is 9.89. The molecular formula is C18H19FN2O. The summed E-state index contributed by atoms with van der Waals surface area (Å²) in [6, 6.07) is 16.2. The Hall–Kier alpha value is -2.20. The van der Waals surface area contributed by atoms with Crippen molar-refractivity contribution in [3.63, 3.8) is 0 Å². The molecule has 1 aliphatic rings. The molecule has 0 spiro atoms. The van der Waals surface area contributed by atoms with Gasteiger partial charge >= 0.3 is 0 Å². The van der Waals surface area contributed by atoms with Crippen LogP contribution in [0.5, 0.6) is 0 Å². The number of carbonyl (C=O) groups excluding carboxylic acids is 1. The first-order chi connectivity index (χ1) is 10.7. The lowest BCUT2D eigenvalue weighted by Gasteiger charge is -2.17. The molecule has 3 nitrogen and oxygen atoms in total. The van der Waals surface area contributed by atoms with E-state index in [1.807, 2.05) is 18.2 Å². The third-order valence-corrected chi connectivity index (χ3v) is 4.36. The molecule has 0 unspecified atom stereocenters. The molecule has 3 rings (SSSR count). The zero-order chi connectivity index (χ0) is 15.5. The molecule has 0 saturated carbocycles. The average Bonchev–Trinajstić information content (AvgIpc) is 3.00. The predicted molar refractivity (Wildman–Crippen MR) is 84.0 cm³/mol. The van der Waals surface area contributed by atoms with E-state index in [-0.39, 0.29) is 23.3 Å². The summed E-state index contributed by atoms with van der Waals surface area (Å²) in [5.41, 5.74) is 7.19. The molecule has 1 aliphatic heterocycles. The topological polar surface area (TPSA) is 46.3 Å². The van der Waals surface area contributed by atoms with E-state index < -0.39 is 5.82 Å². The predicted octanol–water partition coefficient (Wildman–Crippen LogP) is 2.64. The van der Waals surface area contributed by atoms with Crippen molar-refractivity contribution >= 4 is 5.91 Å². The number of nitrogens with zero attached hydrogens (tertiary/aromatic N) is 1. The molecule has 2 aromatic rings. The summed E-state index contributed by atoms with van der Waals surface area (Å²) in [7, 11) is 0. The van der Waals surface area contributed by atoms with Crippen molar-refractivity contribution in [2.45, 2.75) is 5.92 Å². The molecule has 0 aliphatic carbocycles. The van der Waals surface area contributed by atoms with Crippen LogP contribution in [-0.2, 0) is 0 Å². The third kappa shape index (κ3) is 2.74. The van der Waals surface area contributed by atoms with Crippen molar-refractivity contribution in [1.29, 1.82) is 0 Å². The van der Waals surface area contributed by atoms with Gasteiger partial charge in [0.2, 0.25) is 0 Å². The first-order valence-corrected chi connectivity index (χ1v) is 7.49. The fourth-order valence-electron chi connectivity index (χ4n) is 3.16. The Labute approximate surface area is 129 Å². The van der Waals surface area contributed by atoms with Gasteiger partial charge in [-0.05, 0) is 30.2 Å². The largest absolute Gasteiger partial charge is 0.338 e. The van der Waals surface area contributed by atoms with E-state index in [0.717, 1.165) is 0 Å². The fraction of sp³-hybridized carbons (Fsp3) is 0.278. The third-order valence-electron chi connectivity index (χ3n) is 4.36. The number of carbonyl (C=O) groups is 1. The van der Waals surface area contributed by atoms with Crippen molar-refractivity contribution in [3.8, 4) is 0 Å². The zero-order valence-electron chi connectivity index (χ0n) is 12.3. The van der Waals surface area contributed by atoms with Crippen LogP contribution in [0.15, 0.2) is 54.6 Å². The lowest BCUT2D eigenvalue weighted by Crippen LogP contribution is -2.30. The van der Waals surface area contributed by atoms with E-state index in [1.54, 1.807) is 17.0 Å². The number of hydrogen-bond donors (Lipinski definition) is 1. The van der Waals surface area contributed by atoms with Crippen LogP contribution < -0.4 is 5.73 Å². The second kappa shape index (κ2) is 6.28. The Morgan fingerprint density at radius 3 is 2.45 bits per heavy atom. The van der Waals surface area contributed by atoms with Crippen LogP contribution in [0, 0.1) is 11.7 Å². The SMILES string of the molecule is NC[C@@H]1CN(C(=O)c2ccccc2F)C[C@H]1c1ccccc1. The van der Waals surface area contributed by atoms with Gasteiger partial charge in [0, 0.05) is 19.0 Å². The minimum Gasteiger partial charge on any atom is -0.338 e. The fourth-order valence-corrected chi connectivity index (χ4v) is 3.16. The number of nitrogens with two attached hydrogens (primary N) is 1. The van der Waals surface area contributed by atoms with Crippen LogP contribution >= 0.6 is 0 Å². The van der Waals surface area contributed by atoms with Crippen LogP contribution in [-0.4, -0.2) is 30.4 Å². The van der Waals surface area contributed by atoms with Crippen LogP contribution in [0.3, 0.4) is 0 Å². The van der Waals surface area contributed by atoms with Crippen molar-refractivity contribution in [2.75, 3.05) is 19.6 Å². The molecule has 1 heterocycles. The molecule has 0 aromatic heterocycles. The summed E-state index contributed by atoms with van der Waals surface area (Å²) in [4.78, 5) is 14.3. The van der Waals surface area contributed by atoms with Gasteiger partial charge in [-0.25, -0.2) is 4.39 Å². The smallest absolute Gasteiger partial charge is 0.256 e. The molecule has 4 heteroatoms. The van der Waals surface area contributed by atoms with Crippen molar-refractivity contribution in [2.24, 2.45) is 11.7 Å². The van der Waals surface area contributed by atoms with Gasteiger partial charge in [-0.2, -0.15) is 0 Å². The highest BCUT2D eigenvalue weighted by Gasteiger charge is 2.36. The van der Waals surface area contributed by atoms with Crippen molar-refractivity contribution < 1.29 is 9.18 Å². The number of rotatable bonds is 3. The van der Waals surface area contributed by atoms with Gasteiger partial charge in [-0.15, -0.1) is 0 Å². The van der Waals surface area contributed by atoms with Gasteiger partial charge in [0.15, 0.2) is 0 Å². The van der Waals surface area contributed by atoms with Crippen LogP contribution in [0.25, 0.3) is 0 Å². The standard InChI is InChI=1S/C18H19FN2O/c19-17-9-5-4-8-15(17)18(22)21-11-14(10-20)16(12-21)13-6-2-1-3-7-13/h1-9,14,16H,10-12,20H2/t14-,16+/m1/s1. The van der Waals surface area contributed by atoms with Crippen molar-refractivity contribution in [1.82, 2.24) is 4.90 Å². The van der Waals surface area contributed by atoms with E-state index in [4.69, 9.17) is 5.73 Å². The summed E-state index contributed by atoms with van der Waals surface area (Å²) in [5, 5.41) is 0. The quantitative estimate of drug-likeness (QED) is 0.947. The van der Waals surface area contributed by atoms with Crippen molar-refractivity contribution in [3.05, 3.63) is 71.5 Å². The molecule has 2 N–H and O–H groups in total. The lowest BCUT2D eigenvalue weighted by molar-refractivity contribution is 0.0782. The number of likely N-dealkylation sites (tertiary alicyclic amines) is 1. The number of amides is 1. The first kappa shape index (κ1) is 14.7. The Bertz CT molecular complexity index is 659. The molecule has 2 atom stereocenters. The highest BCUT2D eigenvalue weighted by molar-refractivity contribution is 5.94. The molecular weight excluding hydrogens is 279 g/mol. The maximum absolute atomic E-state index is 13.8. The van der Waals surface area contributed by atoms with E-state index >= 15 is 0 Å². The van der Waals surface area contributed by atoms with Gasteiger partial charge < -0.3 is 10.6 Å². The second-order valence-electron chi connectivity index (χ2n) is 5.70. The van der Waals surface area contributed by atoms with Crippen LogP contribution in [0.2, 0.25) is 0 Å². The van der Waals surface area contributed by atoms with Gasteiger partial charge in [-0.3, -0.25) is 4.79 Å². The molecule has 114 valence electrons. The Morgan fingerprint density at radius 2 is 1.77 bits per heavy atom. The highest BCUT2D eigenvalue weighted by Crippen LogP contribution is 2.32. The Kier molecular flexibility index (Phi) is 4.20. The van der Waals surface area contributed by atoms with E-state index in [1.165, 1.54) is 17.7 Å². The minimum absolute atomic E-state index is 0.131. The molecule has 22 heavy (non-hydrogen) atoms. The summed E-state index contributed by atoms with van der Waals surface area (Å²) >= 11 is 0. The van der Waals surface area contributed by atoms with E-state index in [0.29, 0.717) is 19.6 Å². The second-order valence-corrected chi connectivity index (χ2v) is 5.70. The van der Waals surface area contributed by atoms with E-state index in [2.05, 4.69) is 12.1 Å². The Balaban J connectivity index is 1.83. The molecule has 1 amide bonds. The first-order valence-electron chi connectivity index (χ1n) is 7.49. The summed E-state index contributed by atoms with van der Waals surface area (Å²) in [6.45, 7) is 1.67. The van der Waals surface area contributed by atoms with Gasteiger partial charge in [0.05, 0.1) is 5.56 Å².